The van der Waals surface area contributed by atoms with Crippen LogP contribution in [0.5, 0.6) is 0 Å². The van der Waals surface area contributed by atoms with Gasteiger partial charge in [0.2, 0.25) is 10.0 Å². The van der Waals surface area contributed by atoms with Crippen LogP contribution in [0.4, 0.5) is 0 Å². The zero-order valence-electron chi connectivity index (χ0n) is 10.9. The number of nitrogens with two attached hydrogens (primary N) is 1. The maximum absolute atomic E-state index is 12.2. The third-order valence-corrected chi connectivity index (χ3v) is 4.88. The van der Waals surface area contributed by atoms with Crippen molar-refractivity contribution in [2.45, 2.75) is 11.4 Å². The van der Waals surface area contributed by atoms with Crippen LogP contribution in [0.3, 0.4) is 0 Å². The highest BCUT2D eigenvalue weighted by Gasteiger charge is 2.18. The maximum atomic E-state index is 12.2. The monoisotopic (exact) mass is 344 g/mol. The minimum Gasteiger partial charge on any atom is -0.389 e. The smallest absolute Gasteiger partial charge is 0.242 e. The zero-order chi connectivity index (χ0) is 15.5. The standard InChI is InChI=1S/C12H13ClN4O2S2/c13-10-8-9(12(14)20)2-3-11(10)21(18,19)16-5-7-17-6-1-4-15-17/h1-4,6,8,16H,5,7H2,(H2,14,20). The molecule has 0 bridgehead atoms. The Labute approximate surface area is 133 Å². The second kappa shape index (κ2) is 6.52. The second-order valence-electron chi connectivity index (χ2n) is 4.18. The molecule has 1 aromatic carbocycles. The first-order valence-electron chi connectivity index (χ1n) is 5.96. The third kappa shape index (κ3) is 4.01. The van der Waals surface area contributed by atoms with Crippen molar-refractivity contribution in [1.82, 2.24) is 14.5 Å². The molecular formula is C12H13ClN4O2S2. The molecule has 0 aliphatic rings. The summed E-state index contributed by atoms with van der Waals surface area (Å²) in [7, 11) is -3.69. The predicted molar refractivity (Wildman–Crippen MR) is 84.8 cm³/mol. The Hall–Kier alpha value is -1.48. The molecular weight excluding hydrogens is 332 g/mol. The van der Waals surface area contributed by atoms with Crippen molar-refractivity contribution in [2.24, 2.45) is 5.73 Å². The van der Waals surface area contributed by atoms with E-state index in [1.165, 1.54) is 18.2 Å². The summed E-state index contributed by atoms with van der Waals surface area (Å²) in [4.78, 5) is 0.150. The van der Waals surface area contributed by atoms with Gasteiger partial charge in [-0.1, -0.05) is 29.9 Å². The zero-order valence-corrected chi connectivity index (χ0v) is 13.2. The fourth-order valence-corrected chi connectivity index (χ4v) is 3.37. The Bertz CT molecular complexity index is 745. The number of aromatic nitrogens is 2. The van der Waals surface area contributed by atoms with E-state index in [4.69, 9.17) is 29.6 Å². The molecule has 112 valence electrons. The lowest BCUT2D eigenvalue weighted by Gasteiger charge is -2.09. The Morgan fingerprint density at radius 3 is 2.81 bits per heavy atom. The summed E-state index contributed by atoms with van der Waals surface area (Å²) < 4.78 is 28.4. The van der Waals surface area contributed by atoms with E-state index >= 15 is 0 Å². The molecule has 0 saturated carbocycles. The van der Waals surface area contributed by atoms with Crippen LogP contribution >= 0.6 is 23.8 Å². The van der Waals surface area contributed by atoms with Crippen LogP contribution in [0.15, 0.2) is 41.6 Å². The summed E-state index contributed by atoms with van der Waals surface area (Å²) in [5.41, 5.74) is 5.99. The van der Waals surface area contributed by atoms with Gasteiger partial charge in [0.15, 0.2) is 0 Å². The van der Waals surface area contributed by atoms with E-state index in [1.807, 2.05) is 0 Å². The number of nitrogens with zero attached hydrogens (tertiary/aromatic N) is 2. The Morgan fingerprint density at radius 2 is 2.24 bits per heavy atom. The van der Waals surface area contributed by atoms with Gasteiger partial charge < -0.3 is 5.73 Å². The van der Waals surface area contributed by atoms with E-state index in [0.29, 0.717) is 12.1 Å². The number of rotatable bonds is 6. The number of hydrogen-bond donors (Lipinski definition) is 2. The fourth-order valence-electron chi connectivity index (χ4n) is 1.68. The minimum atomic E-state index is -3.69. The highest BCUT2D eigenvalue weighted by Crippen LogP contribution is 2.22. The minimum absolute atomic E-state index is 0.00960. The summed E-state index contributed by atoms with van der Waals surface area (Å²) in [6, 6.07) is 6.11. The molecule has 1 heterocycles. The van der Waals surface area contributed by atoms with Gasteiger partial charge in [0.25, 0.3) is 0 Å². The van der Waals surface area contributed by atoms with Gasteiger partial charge in [-0.2, -0.15) is 5.10 Å². The molecule has 0 amide bonds. The molecule has 0 spiro atoms. The lowest BCUT2D eigenvalue weighted by molar-refractivity contribution is 0.561. The van der Waals surface area contributed by atoms with Gasteiger partial charge in [-0.05, 0) is 18.2 Å². The molecule has 1 aromatic heterocycles. The second-order valence-corrected chi connectivity index (χ2v) is 6.76. The summed E-state index contributed by atoms with van der Waals surface area (Å²) in [5, 5.41) is 4.06. The average molecular weight is 345 g/mol. The first-order chi connectivity index (χ1) is 9.90. The van der Waals surface area contributed by atoms with Crippen molar-refractivity contribution >= 4 is 38.8 Å². The predicted octanol–water partition coefficient (Wildman–Crippen LogP) is 1.15. The van der Waals surface area contributed by atoms with Gasteiger partial charge in [-0.3, -0.25) is 4.68 Å². The molecule has 0 aliphatic heterocycles. The molecule has 0 fully saturated rings. The molecule has 2 aromatic rings. The Balaban J connectivity index is 2.10. The van der Waals surface area contributed by atoms with Crippen molar-refractivity contribution < 1.29 is 8.42 Å². The van der Waals surface area contributed by atoms with Gasteiger partial charge in [0.1, 0.15) is 9.88 Å². The molecule has 2 rings (SSSR count). The summed E-state index contributed by atoms with van der Waals surface area (Å²) in [5.74, 6) is 0. The Morgan fingerprint density at radius 1 is 1.48 bits per heavy atom. The van der Waals surface area contributed by atoms with Crippen LogP contribution in [0.25, 0.3) is 0 Å². The first kappa shape index (κ1) is 15.9. The van der Waals surface area contributed by atoms with E-state index in [-0.39, 0.29) is 21.5 Å². The van der Waals surface area contributed by atoms with E-state index in [0.717, 1.165) is 0 Å². The van der Waals surface area contributed by atoms with Crippen molar-refractivity contribution in [1.29, 1.82) is 0 Å². The molecule has 9 heteroatoms. The van der Waals surface area contributed by atoms with Crippen LogP contribution in [0, 0.1) is 0 Å². The lowest BCUT2D eigenvalue weighted by atomic mass is 10.2. The molecule has 21 heavy (non-hydrogen) atoms. The molecule has 0 saturated heterocycles. The van der Waals surface area contributed by atoms with Gasteiger partial charge >= 0.3 is 0 Å². The summed E-state index contributed by atoms with van der Waals surface area (Å²) in [6.45, 7) is 0.631. The van der Waals surface area contributed by atoms with Crippen molar-refractivity contribution in [2.75, 3.05) is 6.54 Å². The van der Waals surface area contributed by atoms with Gasteiger partial charge in [0.05, 0.1) is 11.6 Å². The average Bonchev–Trinajstić information content (AvgIpc) is 2.91. The number of sulfonamides is 1. The maximum Gasteiger partial charge on any atom is 0.242 e. The Kier molecular flexibility index (Phi) is 4.94. The highest BCUT2D eigenvalue weighted by molar-refractivity contribution is 7.89. The normalized spacial score (nSPS) is 11.5. The molecule has 0 radical (unpaired) electrons. The van der Waals surface area contributed by atoms with Crippen molar-refractivity contribution in [3.05, 3.63) is 47.2 Å². The van der Waals surface area contributed by atoms with Crippen LogP contribution in [0.2, 0.25) is 5.02 Å². The van der Waals surface area contributed by atoms with Crippen molar-refractivity contribution in [3.8, 4) is 0 Å². The van der Waals surface area contributed by atoms with Crippen LogP contribution in [-0.4, -0.2) is 29.7 Å². The van der Waals surface area contributed by atoms with E-state index in [2.05, 4.69) is 9.82 Å². The molecule has 0 atom stereocenters. The first-order valence-corrected chi connectivity index (χ1v) is 8.23. The molecule has 3 N–H and O–H groups in total. The number of hydrogen-bond acceptors (Lipinski definition) is 4. The SMILES string of the molecule is NC(=S)c1ccc(S(=O)(=O)NCCn2cccn2)c(Cl)c1. The van der Waals surface area contributed by atoms with E-state index in [9.17, 15) is 8.42 Å². The topological polar surface area (TPSA) is 90.0 Å². The lowest BCUT2D eigenvalue weighted by Crippen LogP contribution is -2.28. The number of benzene rings is 1. The quantitative estimate of drug-likeness (QED) is 0.767. The third-order valence-electron chi connectivity index (χ3n) is 2.70. The fraction of sp³-hybridized carbons (Fsp3) is 0.167. The van der Waals surface area contributed by atoms with Crippen LogP contribution in [0.1, 0.15) is 5.56 Å². The number of nitrogens with one attached hydrogen (secondary N) is 1. The van der Waals surface area contributed by atoms with Gasteiger partial charge in [-0.15, -0.1) is 0 Å². The number of thiocarbonyl (C=S) groups is 1. The van der Waals surface area contributed by atoms with Crippen LogP contribution in [-0.2, 0) is 16.6 Å². The van der Waals surface area contributed by atoms with Crippen molar-refractivity contribution in [3.63, 3.8) is 0 Å². The van der Waals surface area contributed by atoms with Crippen LogP contribution < -0.4 is 10.5 Å². The summed E-state index contributed by atoms with van der Waals surface area (Å²) >= 11 is 10.8. The van der Waals surface area contributed by atoms with E-state index < -0.39 is 10.0 Å². The van der Waals surface area contributed by atoms with E-state index in [1.54, 1.807) is 23.1 Å². The molecule has 0 aliphatic carbocycles. The molecule has 6 nitrogen and oxygen atoms in total. The number of halogens is 1. The molecule has 0 unspecified atom stereocenters. The van der Waals surface area contributed by atoms with Gasteiger partial charge in [-0.25, -0.2) is 13.1 Å². The summed E-state index contributed by atoms with van der Waals surface area (Å²) in [6.07, 6.45) is 3.37. The highest BCUT2D eigenvalue weighted by atomic mass is 35.5. The largest absolute Gasteiger partial charge is 0.389 e. The van der Waals surface area contributed by atoms with Gasteiger partial charge in [0, 0.05) is 24.5 Å².